The molecule has 0 fully saturated rings. The molecule has 8 nitrogen and oxygen atoms in total. The van der Waals surface area contributed by atoms with Gasteiger partial charge in [-0.2, -0.15) is 5.10 Å². The number of aliphatic imine (C=N–C) groups is 1. The Kier molecular flexibility index (Phi) is 8.76. The molecule has 2 N–H and O–H groups in total. The molecule has 0 saturated carbocycles. The third-order valence-corrected chi connectivity index (χ3v) is 3.27. The number of hydrogen-bond acceptors (Lipinski definition) is 4. The number of aryl methyl sites for hydroxylation is 1. The number of nitro benzene ring substituents is 1. The third kappa shape index (κ3) is 6.14. The summed E-state index contributed by atoms with van der Waals surface area (Å²) in [6.45, 7) is 1.90. The molecular formula is C15H21IN6O2. The number of para-hydroxylation sites is 1. The first-order chi connectivity index (χ1) is 11.2. The second-order valence-corrected chi connectivity index (χ2v) is 4.86. The van der Waals surface area contributed by atoms with Crippen molar-refractivity contribution in [1.29, 1.82) is 0 Å². The van der Waals surface area contributed by atoms with E-state index in [-0.39, 0.29) is 34.6 Å². The van der Waals surface area contributed by atoms with Crippen LogP contribution in [-0.2, 0) is 13.1 Å². The first-order valence-corrected chi connectivity index (χ1v) is 7.35. The topological polar surface area (TPSA) is 97.4 Å². The Morgan fingerprint density at radius 3 is 2.79 bits per heavy atom. The van der Waals surface area contributed by atoms with Crippen LogP contribution in [-0.4, -0.2) is 34.3 Å². The Balaban J connectivity index is 0.00000288. The van der Waals surface area contributed by atoms with Crippen molar-refractivity contribution in [2.75, 3.05) is 13.6 Å². The van der Waals surface area contributed by atoms with Gasteiger partial charge < -0.3 is 10.6 Å². The van der Waals surface area contributed by atoms with Crippen molar-refractivity contribution in [3.8, 4) is 0 Å². The van der Waals surface area contributed by atoms with E-state index in [1.807, 2.05) is 16.9 Å². The van der Waals surface area contributed by atoms with E-state index >= 15 is 0 Å². The van der Waals surface area contributed by atoms with E-state index in [4.69, 9.17) is 0 Å². The van der Waals surface area contributed by atoms with Crippen LogP contribution in [0.3, 0.4) is 0 Å². The van der Waals surface area contributed by atoms with Crippen LogP contribution in [0.15, 0.2) is 47.7 Å². The van der Waals surface area contributed by atoms with E-state index < -0.39 is 0 Å². The highest BCUT2D eigenvalue weighted by molar-refractivity contribution is 14.0. The predicted molar refractivity (Wildman–Crippen MR) is 104 cm³/mol. The summed E-state index contributed by atoms with van der Waals surface area (Å²) in [4.78, 5) is 14.7. The third-order valence-electron chi connectivity index (χ3n) is 3.27. The van der Waals surface area contributed by atoms with Crippen LogP contribution in [0, 0.1) is 10.1 Å². The second kappa shape index (κ2) is 10.6. The van der Waals surface area contributed by atoms with Crippen molar-refractivity contribution in [3.63, 3.8) is 0 Å². The number of nitro groups is 1. The number of hydrogen-bond donors (Lipinski definition) is 2. The minimum absolute atomic E-state index is 0. The van der Waals surface area contributed by atoms with Crippen LogP contribution in [0.4, 0.5) is 5.69 Å². The number of nitrogens with one attached hydrogen (secondary N) is 2. The molecule has 9 heteroatoms. The first-order valence-electron chi connectivity index (χ1n) is 7.35. The van der Waals surface area contributed by atoms with Gasteiger partial charge in [0.1, 0.15) is 0 Å². The zero-order chi connectivity index (χ0) is 16.5. The minimum Gasteiger partial charge on any atom is -0.356 e. The maximum Gasteiger partial charge on any atom is 0.274 e. The van der Waals surface area contributed by atoms with Gasteiger partial charge in [0, 0.05) is 50.7 Å². The Labute approximate surface area is 157 Å². The molecule has 0 bridgehead atoms. The van der Waals surface area contributed by atoms with Crippen molar-refractivity contribution in [2.45, 2.75) is 19.5 Å². The van der Waals surface area contributed by atoms with E-state index in [1.165, 1.54) is 6.07 Å². The van der Waals surface area contributed by atoms with Gasteiger partial charge >= 0.3 is 0 Å². The molecule has 24 heavy (non-hydrogen) atoms. The summed E-state index contributed by atoms with van der Waals surface area (Å²) in [6, 6.07) is 8.56. The van der Waals surface area contributed by atoms with E-state index in [9.17, 15) is 10.1 Å². The van der Waals surface area contributed by atoms with Crippen LogP contribution in [0.5, 0.6) is 0 Å². The highest BCUT2D eigenvalue weighted by Gasteiger charge is 2.12. The lowest BCUT2D eigenvalue weighted by molar-refractivity contribution is -0.385. The van der Waals surface area contributed by atoms with Crippen molar-refractivity contribution in [1.82, 2.24) is 20.4 Å². The van der Waals surface area contributed by atoms with E-state index in [2.05, 4.69) is 20.7 Å². The molecule has 0 aliphatic rings. The lowest BCUT2D eigenvalue weighted by atomic mass is 10.2. The molecular weight excluding hydrogens is 423 g/mol. The molecule has 1 heterocycles. The Hall–Kier alpha value is -2.17. The summed E-state index contributed by atoms with van der Waals surface area (Å²) >= 11 is 0. The fraction of sp³-hybridized carbons (Fsp3) is 0.333. The first kappa shape index (κ1) is 19.9. The van der Waals surface area contributed by atoms with E-state index in [1.54, 1.807) is 31.4 Å². The van der Waals surface area contributed by atoms with Crippen LogP contribution < -0.4 is 10.6 Å². The largest absolute Gasteiger partial charge is 0.356 e. The SMILES string of the molecule is CN=C(NCCCn1cccn1)NCc1ccccc1[N+](=O)[O-].I. The Morgan fingerprint density at radius 2 is 2.12 bits per heavy atom. The molecule has 2 rings (SSSR count). The predicted octanol–water partition coefficient (Wildman–Crippen LogP) is 2.16. The summed E-state index contributed by atoms with van der Waals surface area (Å²) in [5.41, 5.74) is 0.728. The average Bonchev–Trinajstić information content (AvgIpc) is 3.07. The monoisotopic (exact) mass is 444 g/mol. The minimum atomic E-state index is -0.378. The molecule has 1 aromatic carbocycles. The molecule has 0 saturated heterocycles. The van der Waals surface area contributed by atoms with E-state index in [0.29, 0.717) is 18.1 Å². The van der Waals surface area contributed by atoms with Gasteiger partial charge in [0.05, 0.1) is 4.92 Å². The lowest BCUT2D eigenvalue weighted by Crippen LogP contribution is -2.37. The van der Waals surface area contributed by atoms with Crippen LogP contribution in [0.1, 0.15) is 12.0 Å². The van der Waals surface area contributed by atoms with Crippen molar-refractivity contribution in [3.05, 3.63) is 58.4 Å². The number of benzene rings is 1. The molecule has 2 aromatic rings. The quantitative estimate of drug-likeness (QED) is 0.170. The van der Waals surface area contributed by atoms with Gasteiger partial charge in [-0.25, -0.2) is 0 Å². The van der Waals surface area contributed by atoms with Gasteiger partial charge in [-0.3, -0.25) is 19.8 Å². The van der Waals surface area contributed by atoms with Gasteiger partial charge in [0.2, 0.25) is 0 Å². The molecule has 0 amide bonds. The summed E-state index contributed by atoms with van der Waals surface area (Å²) in [5, 5.41) is 21.4. The second-order valence-electron chi connectivity index (χ2n) is 4.86. The number of nitrogens with zero attached hydrogens (tertiary/aromatic N) is 4. The molecule has 1 aromatic heterocycles. The Morgan fingerprint density at radius 1 is 1.33 bits per heavy atom. The standard InChI is InChI=1S/C15H20N6O2.HI/c1-16-15(17-8-4-10-20-11-5-9-19-20)18-12-13-6-2-3-7-14(13)21(22)23;/h2-3,5-7,9,11H,4,8,10,12H2,1H3,(H2,16,17,18);1H. The lowest BCUT2D eigenvalue weighted by Gasteiger charge is -2.12. The van der Waals surface area contributed by atoms with Crippen molar-refractivity contribution < 1.29 is 4.92 Å². The summed E-state index contributed by atoms with van der Waals surface area (Å²) < 4.78 is 1.87. The van der Waals surface area contributed by atoms with Crippen molar-refractivity contribution in [2.24, 2.45) is 4.99 Å². The van der Waals surface area contributed by atoms with Crippen molar-refractivity contribution >= 4 is 35.6 Å². The number of aromatic nitrogens is 2. The van der Waals surface area contributed by atoms with Gasteiger partial charge in [-0.05, 0) is 12.5 Å². The zero-order valence-electron chi connectivity index (χ0n) is 13.4. The number of guanidine groups is 1. The fourth-order valence-corrected chi connectivity index (χ4v) is 2.12. The van der Waals surface area contributed by atoms with Crippen LogP contribution in [0.2, 0.25) is 0 Å². The molecule has 0 aliphatic carbocycles. The maximum absolute atomic E-state index is 11.0. The number of halogens is 1. The molecule has 0 unspecified atom stereocenters. The highest BCUT2D eigenvalue weighted by Crippen LogP contribution is 2.16. The van der Waals surface area contributed by atoms with Gasteiger partial charge in [0.15, 0.2) is 5.96 Å². The average molecular weight is 444 g/mol. The van der Waals surface area contributed by atoms with Gasteiger partial charge in [-0.1, -0.05) is 18.2 Å². The van der Waals surface area contributed by atoms with Gasteiger partial charge in [-0.15, -0.1) is 24.0 Å². The van der Waals surface area contributed by atoms with E-state index in [0.717, 1.165) is 19.5 Å². The Bertz CT molecular complexity index is 660. The number of rotatable bonds is 7. The normalized spacial score (nSPS) is 10.8. The smallest absolute Gasteiger partial charge is 0.274 e. The molecule has 0 aliphatic heterocycles. The summed E-state index contributed by atoms with van der Waals surface area (Å²) in [7, 11) is 1.67. The molecule has 130 valence electrons. The zero-order valence-corrected chi connectivity index (χ0v) is 15.7. The fourth-order valence-electron chi connectivity index (χ4n) is 2.12. The summed E-state index contributed by atoms with van der Waals surface area (Å²) in [6.07, 6.45) is 4.57. The van der Waals surface area contributed by atoms with Gasteiger partial charge in [0.25, 0.3) is 5.69 Å². The molecule has 0 radical (unpaired) electrons. The summed E-state index contributed by atoms with van der Waals surface area (Å²) in [5.74, 6) is 0.614. The molecule has 0 atom stereocenters. The maximum atomic E-state index is 11.0. The molecule has 0 spiro atoms. The highest BCUT2D eigenvalue weighted by atomic mass is 127. The van der Waals surface area contributed by atoms with Crippen LogP contribution in [0.25, 0.3) is 0 Å². The van der Waals surface area contributed by atoms with Crippen LogP contribution >= 0.6 is 24.0 Å².